The number of tetrazole rings is 1. The molecule has 4 N–H and O–H groups in total. The van der Waals surface area contributed by atoms with E-state index in [-0.39, 0.29) is 34.6 Å². The van der Waals surface area contributed by atoms with E-state index >= 15 is 0 Å². The zero-order chi connectivity index (χ0) is 26.5. The molecule has 0 aliphatic carbocycles. The minimum absolute atomic E-state index is 0.0541. The van der Waals surface area contributed by atoms with Crippen LogP contribution in [0, 0.1) is 0 Å². The van der Waals surface area contributed by atoms with Gasteiger partial charge < -0.3 is 21.0 Å². The monoisotopic (exact) mass is 563 g/mol. The van der Waals surface area contributed by atoms with E-state index < -0.39 is 29.2 Å². The summed E-state index contributed by atoms with van der Waals surface area (Å²) in [4.78, 5) is 48.5. The van der Waals surface area contributed by atoms with Crippen molar-refractivity contribution < 1.29 is 24.3 Å². The van der Waals surface area contributed by atoms with Gasteiger partial charge in [-0.3, -0.25) is 14.5 Å². The first-order valence-corrected chi connectivity index (χ1v) is 13.5. The third-order valence-electron chi connectivity index (χ3n) is 5.04. The molecule has 14 nitrogen and oxygen atoms in total. The van der Waals surface area contributed by atoms with Crippen molar-refractivity contribution in [2.24, 2.45) is 5.16 Å². The first-order valence-electron chi connectivity index (χ1n) is 10.6. The summed E-state index contributed by atoms with van der Waals surface area (Å²) in [5.74, 6) is -1.88. The number of thioether (sulfide) groups is 2. The van der Waals surface area contributed by atoms with Gasteiger partial charge in [0.25, 0.3) is 11.8 Å². The van der Waals surface area contributed by atoms with Crippen LogP contribution in [0.5, 0.6) is 0 Å². The van der Waals surface area contributed by atoms with E-state index in [1.165, 1.54) is 44.6 Å². The summed E-state index contributed by atoms with van der Waals surface area (Å²) in [6.45, 7) is 7.63. The number of aliphatic carboxylic acids is 1. The number of anilines is 1. The van der Waals surface area contributed by atoms with Gasteiger partial charge in [0.05, 0.1) is 6.54 Å². The number of carboxylic acids is 1. The number of carboxylic acid groups (broad SMARTS) is 1. The van der Waals surface area contributed by atoms with E-state index in [2.05, 4.69) is 44.1 Å². The fraction of sp³-hybridized carbons (Fsp3) is 0.300. The zero-order valence-electron chi connectivity index (χ0n) is 19.1. The first kappa shape index (κ1) is 26.4. The number of nitrogen functional groups attached to an aromatic ring is 1. The molecule has 2 unspecified atom stereocenters. The smallest absolute Gasteiger partial charge is 0.352 e. The number of hydrogen-bond acceptors (Lipinski definition) is 13. The predicted molar refractivity (Wildman–Crippen MR) is 138 cm³/mol. The molecule has 2 atom stereocenters. The lowest BCUT2D eigenvalue weighted by Crippen LogP contribution is -2.71. The number of β-lactam (4-membered cyclic amide) rings is 1. The summed E-state index contributed by atoms with van der Waals surface area (Å²) in [7, 11) is 0. The molecule has 1 saturated heterocycles. The third-order valence-corrected chi connectivity index (χ3v) is 8.10. The van der Waals surface area contributed by atoms with Crippen LogP contribution in [-0.2, 0) is 25.8 Å². The summed E-state index contributed by atoms with van der Waals surface area (Å²) in [5.41, 5.74) is 6.14. The van der Waals surface area contributed by atoms with Gasteiger partial charge in [0.15, 0.2) is 10.8 Å². The predicted octanol–water partition coefficient (Wildman–Crippen LogP) is 0.335. The number of rotatable bonds is 12. The summed E-state index contributed by atoms with van der Waals surface area (Å²) < 4.78 is 1.53. The van der Waals surface area contributed by atoms with Crippen LogP contribution in [0.15, 0.2) is 52.3 Å². The molecule has 1 fully saturated rings. The maximum atomic E-state index is 13.0. The number of oxime groups is 1. The standard InChI is InChI=1S/C20H21N9O5S3/c1-3-5-28-20(24-26-27-28)37-8-10-7-35-17-13(16(31)29(17)14(10)18(32)33)23-15(30)12(25-34-6-4-2)11-9-36-19(21)22-11/h3-4,9,13,17H,1-2,5-8H2,(H2,21,22)(H,23,30)(H,32,33)/b25-12+. The molecule has 0 aromatic carbocycles. The summed E-state index contributed by atoms with van der Waals surface area (Å²) in [6.07, 6.45) is 3.09. The lowest BCUT2D eigenvalue weighted by atomic mass is 10.0. The highest BCUT2D eigenvalue weighted by Gasteiger charge is 2.54. The van der Waals surface area contributed by atoms with Gasteiger partial charge in [-0.1, -0.05) is 35.6 Å². The molecule has 4 heterocycles. The molecular formula is C20H21N9O5S3. The van der Waals surface area contributed by atoms with Gasteiger partial charge >= 0.3 is 5.97 Å². The Labute approximate surface area is 222 Å². The van der Waals surface area contributed by atoms with Crippen LogP contribution in [0.3, 0.4) is 0 Å². The van der Waals surface area contributed by atoms with E-state index in [1.807, 2.05) is 0 Å². The van der Waals surface area contributed by atoms with Crippen LogP contribution in [0.1, 0.15) is 5.69 Å². The average molecular weight is 564 g/mol. The molecule has 2 amide bonds. The van der Waals surface area contributed by atoms with Crippen LogP contribution < -0.4 is 11.1 Å². The van der Waals surface area contributed by atoms with E-state index in [4.69, 9.17) is 10.6 Å². The van der Waals surface area contributed by atoms with Crippen molar-refractivity contribution in [2.75, 3.05) is 23.8 Å². The maximum Gasteiger partial charge on any atom is 0.352 e. The molecule has 0 spiro atoms. The van der Waals surface area contributed by atoms with Crippen LogP contribution in [0.4, 0.5) is 5.13 Å². The number of nitrogens with zero attached hydrogens (tertiary/aromatic N) is 7. The van der Waals surface area contributed by atoms with Gasteiger partial charge in [-0.05, 0) is 16.0 Å². The highest BCUT2D eigenvalue weighted by molar-refractivity contribution is 8.01. The van der Waals surface area contributed by atoms with Gasteiger partial charge in [-0.25, -0.2) is 14.5 Å². The Balaban J connectivity index is 1.49. The van der Waals surface area contributed by atoms with E-state index in [9.17, 15) is 19.5 Å². The van der Waals surface area contributed by atoms with Crippen molar-refractivity contribution in [3.05, 3.63) is 47.7 Å². The average Bonchev–Trinajstić information content (AvgIpc) is 3.51. The van der Waals surface area contributed by atoms with Crippen molar-refractivity contribution in [3.8, 4) is 0 Å². The highest BCUT2D eigenvalue weighted by Crippen LogP contribution is 2.41. The first-order chi connectivity index (χ1) is 17.8. The van der Waals surface area contributed by atoms with Crippen molar-refractivity contribution in [2.45, 2.75) is 23.1 Å². The number of amides is 2. The molecule has 0 bridgehead atoms. The van der Waals surface area contributed by atoms with Gasteiger partial charge in [0.1, 0.15) is 29.4 Å². The van der Waals surface area contributed by atoms with Gasteiger partial charge in [-0.2, -0.15) is 0 Å². The number of carbonyl (C=O) groups excluding carboxylic acids is 2. The summed E-state index contributed by atoms with van der Waals surface area (Å²) in [6, 6.07) is -0.957. The minimum Gasteiger partial charge on any atom is -0.477 e. The number of thiazole rings is 1. The Morgan fingerprint density at radius 2 is 2.22 bits per heavy atom. The zero-order valence-corrected chi connectivity index (χ0v) is 21.6. The van der Waals surface area contributed by atoms with Crippen LogP contribution in [-0.4, -0.2) is 88.2 Å². The number of fused-ring (bicyclic) bond motifs is 1. The topological polar surface area (TPSA) is 191 Å². The molecular weight excluding hydrogens is 542 g/mol. The molecule has 0 saturated carbocycles. The Morgan fingerprint density at radius 3 is 2.89 bits per heavy atom. The highest BCUT2D eigenvalue weighted by atomic mass is 32.2. The third kappa shape index (κ3) is 5.52. The molecule has 2 aliphatic rings. The summed E-state index contributed by atoms with van der Waals surface area (Å²) in [5, 5.41) is 29.4. The minimum atomic E-state index is -1.23. The normalized spacial score (nSPS) is 19.2. The van der Waals surface area contributed by atoms with Crippen LogP contribution >= 0.6 is 34.9 Å². The number of nitrogens with two attached hydrogens (primary N) is 1. The Hall–Kier alpha value is -3.70. The van der Waals surface area contributed by atoms with Gasteiger partial charge in [-0.15, -0.1) is 34.8 Å². The second-order valence-corrected chi connectivity index (χ2v) is 10.4. The Kier molecular flexibility index (Phi) is 8.24. The SMILES string of the molecule is C=CCO/N=C(/C(=O)NC1C(=O)N2C(C(=O)O)=C(CSc3nnnn3CC=C)CSC12)c1csc(N)n1. The lowest BCUT2D eigenvalue weighted by Gasteiger charge is -2.49. The van der Waals surface area contributed by atoms with E-state index in [0.717, 1.165) is 11.3 Å². The summed E-state index contributed by atoms with van der Waals surface area (Å²) >= 11 is 3.72. The molecule has 37 heavy (non-hydrogen) atoms. The number of hydrogen-bond donors (Lipinski definition) is 3. The van der Waals surface area contributed by atoms with Crippen LogP contribution in [0.2, 0.25) is 0 Å². The van der Waals surface area contributed by atoms with Gasteiger partial charge in [0.2, 0.25) is 5.16 Å². The second kappa shape index (κ2) is 11.6. The molecule has 17 heteroatoms. The Bertz CT molecular complexity index is 1300. The molecule has 2 aliphatic heterocycles. The van der Waals surface area contributed by atoms with E-state index in [0.29, 0.717) is 23.0 Å². The number of nitrogens with one attached hydrogen (secondary N) is 1. The molecule has 4 rings (SSSR count). The molecule has 0 radical (unpaired) electrons. The quantitative estimate of drug-likeness (QED) is 0.0802. The molecule has 194 valence electrons. The molecule has 2 aromatic heterocycles. The fourth-order valence-corrected chi connectivity index (χ4v) is 6.37. The maximum absolute atomic E-state index is 13.0. The number of allylic oxidation sites excluding steroid dienone is 1. The van der Waals surface area contributed by atoms with Crippen molar-refractivity contribution >= 4 is 63.5 Å². The number of carbonyl (C=O) groups is 3. The largest absolute Gasteiger partial charge is 0.477 e. The lowest BCUT2D eigenvalue weighted by molar-refractivity contribution is -0.150. The van der Waals surface area contributed by atoms with Crippen LogP contribution in [0.25, 0.3) is 0 Å². The van der Waals surface area contributed by atoms with Crippen molar-refractivity contribution in [1.29, 1.82) is 0 Å². The van der Waals surface area contributed by atoms with Crippen molar-refractivity contribution in [1.82, 2.24) is 35.4 Å². The van der Waals surface area contributed by atoms with E-state index in [1.54, 1.807) is 6.08 Å². The Morgan fingerprint density at radius 1 is 1.41 bits per heavy atom. The fourth-order valence-electron chi connectivity index (χ4n) is 3.45. The molecule has 2 aromatic rings. The number of aromatic nitrogens is 5. The van der Waals surface area contributed by atoms with Gasteiger partial charge in [0, 0.05) is 16.9 Å². The second-order valence-electron chi connectivity index (χ2n) is 7.43. The van der Waals surface area contributed by atoms with Crippen molar-refractivity contribution in [3.63, 3.8) is 0 Å².